The van der Waals surface area contributed by atoms with Crippen molar-refractivity contribution in [3.63, 3.8) is 0 Å². The van der Waals surface area contributed by atoms with Crippen LogP contribution in [0.25, 0.3) is 6.08 Å². The zero-order chi connectivity index (χ0) is 22.8. The van der Waals surface area contributed by atoms with Crippen molar-refractivity contribution in [3.05, 3.63) is 77.4 Å². The number of amides is 2. The van der Waals surface area contributed by atoms with Crippen LogP contribution in [0.2, 0.25) is 0 Å². The van der Waals surface area contributed by atoms with Gasteiger partial charge in [0.15, 0.2) is 0 Å². The van der Waals surface area contributed by atoms with Crippen molar-refractivity contribution < 1.29 is 9.59 Å². The van der Waals surface area contributed by atoms with E-state index >= 15 is 0 Å². The standard InChI is InChI=1S/C27H35N3O2/c1-3-29(4-2)21-25-13-9-8-12-24(25)20-28-27(32)23-16-18-30(19-17-23)26(31)15-14-22-10-6-5-7-11-22/h5-15,23H,3-4,16-21H2,1-2H3,(H,28,32)/b15-14+. The molecule has 2 aromatic rings. The van der Waals surface area contributed by atoms with Gasteiger partial charge in [0.05, 0.1) is 0 Å². The van der Waals surface area contributed by atoms with Gasteiger partial charge < -0.3 is 10.2 Å². The first-order chi connectivity index (χ1) is 15.6. The van der Waals surface area contributed by atoms with Crippen molar-refractivity contribution in [2.45, 2.75) is 39.8 Å². The van der Waals surface area contributed by atoms with Crippen LogP contribution in [0.4, 0.5) is 0 Å². The zero-order valence-corrected chi connectivity index (χ0v) is 19.3. The second-order valence-corrected chi connectivity index (χ2v) is 8.29. The molecule has 2 amide bonds. The molecule has 5 heteroatoms. The second-order valence-electron chi connectivity index (χ2n) is 8.29. The van der Waals surface area contributed by atoms with Gasteiger partial charge in [-0.25, -0.2) is 0 Å². The topological polar surface area (TPSA) is 52.7 Å². The molecule has 2 aromatic carbocycles. The summed E-state index contributed by atoms with van der Waals surface area (Å²) in [4.78, 5) is 29.4. The van der Waals surface area contributed by atoms with Crippen molar-refractivity contribution in [3.8, 4) is 0 Å². The normalized spacial score (nSPS) is 14.8. The summed E-state index contributed by atoms with van der Waals surface area (Å²) in [5.74, 6) is 0.0692. The van der Waals surface area contributed by atoms with E-state index in [4.69, 9.17) is 0 Å². The summed E-state index contributed by atoms with van der Waals surface area (Å²) in [6.45, 7) is 9.05. The summed E-state index contributed by atoms with van der Waals surface area (Å²) in [5, 5.41) is 3.13. The van der Waals surface area contributed by atoms with Crippen LogP contribution in [0.3, 0.4) is 0 Å². The van der Waals surface area contributed by atoms with Gasteiger partial charge in [-0.2, -0.15) is 0 Å². The van der Waals surface area contributed by atoms with E-state index in [0.717, 1.165) is 25.2 Å². The number of rotatable bonds is 9. The van der Waals surface area contributed by atoms with Crippen LogP contribution in [0.15, 0.2) is 60.7 Å². The van der Waals surface area contributed by atoms with E-state index in [0.29, 0.717) is 32.5 Å². The molecule has 1 fully saturated rings. The Bertz CT molecular complexity index is 898. The maximum atomic E-state index is 12.8. The lowest BCUT2D eigenvalue weighted by atomic mass is 9.95. The Kier molecular flexibility index (Phi) is 9.05. The molecule has 0 radical (unpaired) electrons. The molecule has 1 saturated heterocycles. The molecule has 32 heavy (non-hydrogen) atoms. The predicted octanol–water partition coefficient (Wildman–Crippen LogP) is 4.10. The molecular weight excluding hydrogens is 398 g/mol. The van der Waals surface area contributed by atoms with E-state index in [9.17, 15) is 9.59 Å². The summed E-state index contributed by atoms with van der Waals surface area (Å²) in [6.07, 6.45) is 4.88. The molecule has 3 rings (SSSR count). The smallest absolute Gasteiger partial charge is 0.246 e. The number of piperidine rings is 1. The number of hydrogen-bond donors (Lipinski definition) is 1. The Morgan fingerprint density at radius 2 is 1.59 bits per heavy atom. The lowest BCUT2D eigenvalue weighted by Crippen LogP contribution is -2.42. The number of nitrogens with zero attached hydrogens (tertiary/aromatic N) is 2. The third-order valence-corrected chi connectivity index (χ3v) is 6.26. The fourth-order valence-electron chi connectivity index (χ4n) is 4.10. The van der Waals surface area contributed by atoms with Gasteiger partial charge >= 0.3 is 0 Å². The minimum absolute atomic E-state index is 0.0121. The van der Waals surface area contributed by atoms with Crippen LogP contribution >= 0.6 is 0 Å². The zero-order valence-electron chi connectivity index (χ0n) is 19.3. The molecule has 0 spiro atoms. The van der Waals surface area contributed by atoms with Crippen molar-refractivity contribution in [2.75, 3.05) is 26.2 Å². The minimum Gasteiger partial charge on any atom is -0.352 e. The van der Waals surface area contributed by atoms with E-state index in [1.165, 1.54) is 11.1 Å². The van der Waals surface area contributed by atoms with Crippen LogP contribution in [-0.4, -0.2) is 47.8 Å². The SMILES string of the molecule is CCN(CC)Cc1ccccc1CNC(=O)C1CCN(C(=O)/C=C/c2ccccc2)CC1. The Morgan fingerprint density at radius 1 is 0.969 bits per heavy atom. The average molecular weight is 434 g/mol. The molecule has 0 atom stereocenters. The van der Waals surface area contributed by atoms with Crippen LogP contribution in [0, 0.1) is 5.92 Å². The highest BCUT2D eigenvalue weighted by atomic mass is 16.2. The Balaban J connectivity index is 1.47. The number of carbonyl (C=O) groups is 2. The molecule has 0 aromatic heterocycles. The third kappa shape index (κ3) is 6.79. The number of likely N-dealkylation sites (tertiary alicyclic amines) is 1. The molecular formula is C27H35N3O2. The first-order valence-electron chi connectivity index (χ1n) is 11.7. The average Bonchev–Trinajstić information content (AvgIpc) is 2.85. The maximum absolute atomic E-state index is 12.8. The van der Waals surface area contributed by atoms with E-state index in [1.807, 2.05) is 47.4 Å². The quantitative estimate of drug-likeness (QED) is 0.606. The van der Waals surface area contributed by atoms with Crippen LogP contribution in [0.1, 0.15) is 43.4 Å². The highest BCUT2D eigenvalue weighted by Crippen LogP contribution is 2.19. The predicted molar refractivity (Wildman–Crippen MR) is 130 cm³/mol. The lowest BCUT2D eigenvalue weighted by Gasteiger charge is -2.30. The first-order valence-corrected chi connectivity index (χ1v) is 11.7. The minimum atomic E-state index is -0.0351. The van der Waals surface area contributed by atoms with Crippen LogP contribution < -0.4 is 5.32 Å². The van der Waals surface area contributed by atoms with Gasteiger partial charge in [-0.3, -0.25) is 14.5 Å². The summed E-state index contributed by atoms with van der Waals surface area (Å²) in [6, 6.07) is 18.1. The number of benzene rings is 2. The van der Waals surface area contributed by atoms with Crippen LogP contribution in [0.5, 0.6) is 0 Å². The Hall–Kier alpha value is -2.92. The maximum Gasteiger partial charge on any atom is 0.246 e. The summed E-state index contributed by atoms with van der Waals surface area (Å²) < 4.78 is 0. The van der Waals surface area contributed by atoms with Crippen molar-refractivity contribution in [1.29, 1.82) is 0 Å². The van der Waals surface area contributed by atoms with Crippen molar-refractivity contribution in [2.24, 2.45) is 5.92 Å². The number of nitrogens with one attached hydrogen (secondary N) is 1. The number of carbonyl (C=O) groups excluding carboxylic acids is 2. The highest BCUT2D eigenvalue weighted by Gasteiger charge is 2.26. The van der Waals surface area contributed by atoms with Gasteiger partial charge in [0.2, 0.25) is 11.8 Å². The van der Waals surface area contributed by atoms with Crippen LogP contribution in [-0.2, 0) is 22.7 Å². The molecule has 0 unspecified atom stereocenters. The van der Waals surface area contributed by atoms with E-state index in [1.54, 1.807) is 6.08 Å². The van der Waals surface area contributed by atoms with Gasteiger partial charge in [0.1, 0.15) is 0 Å². The summed E-state index contributed by atoms with van der Waals surface area (Å²) >= 11 is 0. The Morgan fingerprint density at radius 3 is 2.25 bits per heavy atom. The second kappa shape index (κ2) is 12.2. The molecule has 1 aliphatic rings. The fourth-order valence-corrected chi connectivity index (χ4v) is 4.10. The van der Waals surface area contributed by atoms with Gasteiger partial charge in [-0.15, -0.1) is 0 Å². The largest absolute Gasteiger partial charge is 0.352 e. The molecule has 1 heterocycles. The molecule has 5 nitrogen and oxygen atoms in total. The summed E-state index contributed by atoms with van der Waals surface area (Å²) in [7, 11) is 0. The fraction of sp³-hybridized carbons (Fsp3) is 0.407. The molecule has 0 aliphatic carbocycles. The first kappa shape index (κ1) is 23.7. The van der Waals surface area contributed by atoms with E-state index < -0.39 is 0 Å². The molecule has 170 valence electrons. The molecule has 1 aliphatic heterocycles. The molecule has 1 N–H and O–H groups in total. The van der Waals surface area contributed by atoms with Gasteiger partial charge in [0, 0.05) is 38.2 Å². The summed E-state index contributed by atoms with van der Waals surface area (Å²) in [5.41, 5.74) is 3.45. The molecule has 0 bridgehead atoms. The monoisotopic (exact) mass is 433 g/mol. The number of hydrogen-bond acceptors (Lipinski definition) is 3. The van der Waals surface area contributed by atoms with Crippen molar-refractivity contribution in [1.82, 2.24) is 15.1 Å². The van der Waals surface area contributed by atoms with Gasteiger partial charge in [0.25, 0.3) is 0 Å². The van der Waals surface area contributed by atoms with Gasteiger partial charge in [-0.1, -0.05) is 68.4 Å². The van der Waals surface area contributed by atoms with Gasteiger partial charge in [-0.05, 0) is 48.7 Å². The lowest BCUT2D eigenvalue weighted by molar-refractivity contribution is -0.132. The van der Waals surface area contributed by atoms with E-state index in [-0.39, 0.29) is 17.7 Å². The van der Waals surface area contributed by atoms with E-state index in [2.05, 4.69) is 42.3 Å². The Labute approximate surface area is 192 Å². The third-order valence-electron chi connectivity index (χ3n) is 6.26. The molecule has 0 saturated carbocycles. The van der Waals surface area contributed by atoms with Crippen molar-refractivity contribution >= 4 is 17.9 Å². The highest BCUT2D eigenvalue weighted by molar-refractivity contribution is 5.92.